The van der Waals surface area contributed by atoms with Gasteiger partial charge in [0.05, 0.1) is 11.6 Å². The van der Waals surface area contributed by atoms with Gasteiger partial charge in [0, 0.05) is 36.9 Å². The zero-order valence-corrected chi connectivity index (χ0v) is 13.6. The molecule has 2 atom stereocenters. The molecule has 0 amide bonds. The molecule has 5 nitrogen and oxygen atoms in total. The fraction of sp³-hybridized carbons (Fsp3) is 0.556. The van der Waals surface area contributed by atoms with E-state index in [1.165, 1.54) is 12.8 Å². The van der Waals surface area contributed by atoms with E-state index in [0.717, 1.165) is 42.2 Å². The van der Waals surface area contributed by atoms with Crippen LogP contribution in [-0.4, -0.2) is 42.3 Å². The Labute approximate surface area is 136 Å². The Balaban J connectivity index is 1.73. The van der Waals surface area contributed by atoms with Crippen LogP contribution in [0.25, 0.3) is 10.9 Å². The molecule has 2 N–H and O–H groups in total. The summed E-state index contributed by atoms with van der Waals surface area (Å²) >= 11 is 0. The van der Waals surface area contributed by atoms with Crippen molar-refractivity contribution in [2.45, 2.75) is 31.8 Å². The molecule has 5 heteroatoms. The molecule has 23 heavy (non-hydrogen) atoms. The normalized spacial score (nSPS) is 24.5. The molecule has 1 aromatic carbocycles. The van der Waals surface area contributed by atoms with E-state index in [0.29, 0.717) is 18.4 Å². The van der Waals surface area contributed by atoms with Gasteiger partial charge in [-0.05, 0) is 38.4 Å². The van der Waals surface area contributed by atoms with Gasteiger partial charge in [0.1, 0.15) is 11.6 Å². The highest BCUT2D eigenvalue weighted by molar-refractivity contribution is 5.89. The molecule has 0 bridgehead atoms. The van der Waals surface area contributed by atoms with Crippen LogP contribution in [0.2, 0.25) is 0 Å². The molecule has 122 valence electrons. The van der Waals surface area contributed by atoms with Gasteiger partial charge >= 0.3 is 0 Å². The van der Waals surface area contributed by atoms with Crippen molar-refractivity contribution in [1.29, 1.82) is 0 Å². The minimum absolute atomic E-state index is 0.197. The highest BCUT2D eigenvalue weighted by Crippen LogP contribution is 2.40. The maximum absolute atomic E-state index is 5.96. The highest BCUT2D eigenvalue weighted by atomic mass is 16.5. The van der Waals surface area contributed by atoms with E-state index in [1.807, 2.05) is 13.0 Å². The third kappa shape index (κ3) is 2.79. The van der Waals surface area contributed by atoms with Gasteiger partial charge in [0.25, 0.3) is 0 Å². The molecule has 0 unspecified atom stereocenters. The van der Waals surface area contributed by atoms with Crippen LogP contribution in [0.15, 0.2) is 24.3 Å². The first kappa shape index (κ1) is 14.8. The first-order valence-electron chi connectivity index (χ1n) is 8.63. The van der Waals surface area contributed by atoms with Gasteiger partial charge in [-0.3, -0.25) is 0 Å². The van der Waals surface area contributed by atoms with Crippen molar-refractivity contribution in [2.24, 2.45) is 11.7 Å². The lowest BCUT2D eigenvalue weighted by atomic mass is 10.1. The van der Waals surface area contributed by atoms with Crippen LogP contribution in [-0.2, 0) is 4.74 Å². The summed E-state index contributed by atoms with van der Waals surface area (Å²) in [6, 6.07) is 8.31. The fourth-order valence-electron chi connectivity index (χ4n) is 3.49. The van der Waals surface area contributed by atoms with Gasteiger partial charge in [-0.25, -0.2) is 9.97 Å². The first-order valence-corrected chi connectivity index (χ1v) is 8.63. The molecule has 2 fully saturated rings. The molecule has 2 aliphatic rings. The summed E-state index contributed by atoms with van der Waals surface area (Å²) < 4.78 is 5.90. The van der Waals surface area contributed by atoms with Gasteiger partial charge in [0.15, 0.2) is 0 Å². The number of nitrogens with two attached hydrogens (primary N) is 1. The number of benzene rings is 1. The van der Waals surface area contributed by atoms with E-state index in [1.54, 1.807) is 0 Å². The van der Waals surface area contributed by atoms with Crippen molar-refractivity contribution in [3.63, 3.8) is 0 Å². The van der Waals surface area contributed by atoms with Crippen LogP contribution in [0, 0.1) is 5.92 Å². The number of aromatic nitrogens is 2. The third-order valence-electron chi connectivity index (χ3n) is 4.91. The minimum atomic E-state index is 0.197. The average molecular weight is 312 g/mol. The van der Waals surface area contributed by atoms with Gasteiger partial charge in [-0.2, -0.15) is 0 Å². The topological polar surface area (TPSA) is 64.3 Å². The van der Waals surface area contributed by atoms with E-state index < -0.39 is 0 Å². The summed E-state index contributed by atoms with van der Waals surface area (Å²) in [5, 5.41) is 1.13. The molecule has 1 saturated carbocycles. The number of hydrogen-bond acceptors (Lipinski definition) is 5. The van der Waals surface area contributed by atoms with Crippen LogP contribution in [0.3, 0.4) is 0 Å². The molecular weight excluding hydrogens is 288 g/mol. The van der Waals surface area contributed by atoms with Crippen molar-refractivity contribution in [3.05, 3.63) is 30.1 Å². The van der Waals surface area contributed by atoms with Gasteiger partial charge < -0.3 is 15.4 Å². The lowest BCUT2D eigenvalue weighted by Gasteiger charge is -2.20. The number of nitrogens with zero attached hydrogens (tertiary/aromatic N) is 3. The Bertz CT molecular complexity index is 700. The Kier molecular flexibility index (Phi) is 3.91. The maximum atomic E-state index is 5.96. The number of fused-ring (bicyclic) bond motifs is 1. The first-order chi connectivity index (χ1) is 11.3. The second-order valence-electron chi connectivity index (χ2n) is 6.59. The van der Waals surface area contributed by atoms with Gasteiger partial charge in [-0.15, -0.1) is 0 Å². The highest BCUT2D eigenvalue weighted by Gasteiger charge is 2.35. The summed E-state index contributed by atoms with van der Waals surface area (Å²) in [5.41, 5.74) is 7.00. The number of rotatable bonds is 5. The van der Waals surface area contributed by atoms with Crippen molar-refractivity contribution >= 4 is 16.7 Å². The molecule has 4 rings (SSSR count). The molecule has 1 saturated heterocycles. The van der Waals surface area contributed by atoms with Crippen molar-refractivity contribution in [1.82, 2.24) is 9.97 Å². The minimum Gasteiger partial charge on any atom is -0.376 e. The summed E-state index contributed by atoms with van der Waals surface area (Å²) in [7, 11) is 0. The molecule has 2 heterocycles. The Morgan fingerprint density at radius 1 is 1.22 bits per heavy atom. The number of hydrogen-bond donors (Lipinski definition) is 1. The summed E-state index contributed by atoms with van der Waals surface area (Å²) in [5.74, 6) is 2.98. The lowest BCUT2D eigenvalue weighted by molar-refractivity contribution is 0.0498. The van der Waals surface area contributed by atoms with E-state index in [-0.39, 0.29) is 6.10 Å². The SMILES string of the molecule is CCO[C@@H]1CN(c2nc(C3CC3)nc3ccccc23)C[C@H]1CN. The second kappa shape index (κ2) is 6.06. The van der Waals surface area contributed by atoms with Crippen molar-refractivity contribution in [2.75, 3.05) is 31.1 Å². The van der Waals surface area contributed by atoms with Crippen LogP contribution < -0.4 is 10.6 Å². The Morgan fingerprint density at radius 3 is 2.78 bits per heavy atom. The quantitative estimate of drug-likeness (QED) is 0.918. The predicted octanol–water partition coefficient (Wildman–Crippen LogP) is 2.31. The number of para-hydroxylation sites is 1. The average Bonchev–Trinajstić information content (AvgIpc) is 3.35. The Morgan fingerprint density at radius 2 is 2.04 bits per heavy atom. The van der Waals surface area contributed by atoms with Gasteiger partial charge in [-0.1, -0.05) is 12.1 Å². The largest absolute Gasteiger partial charge is 0.376 e. The van der Waals surface area contributed by atoms with Crippen LogP contribution in [0.5, 0.6) is 0 Å². The monoisotopic (exact) mass is 312 g/mol. The van der Waals surface area contributed by atoms with E-state index in [9.17, 15) is 0 Å². The molecule has 2 aromatic rings. The third-order valence-corrected chi connectivity index (χ3v) is 4.91. The summed E-state index contributed by atoms with van der Waals surface area (Å²) in [6.07, 6.45) is 2.62. The number of anilines is 1. The zero-order chi connectivity index (χ0) is 15.8. The standard InChI is InChI=1S/C18H24N4O/c1-2-23-16-11-22(10-13(16)9-19)18-14-5-3-4-6-15(14)20-17(21-18)12-7-8-12/h3-6,12-13,16H,2,7-11,19H2,1H3/t13-,16-/m1/s1. The van der Waals surface area contributed by atoms with Gasteiger partial charge in [0.2, 0.25) is 0 Å². The fourth-order valence-corrected chi connectivity index (χ4v) is 3.49. The van der Waals surface area contributed by atoms with Crippen LogP contribution in [0.1, 0.15) is 31.5 Å². The summed E-state index contributed by atoms with van der Waals surface area (Å²) in [4.78, 5) is 12.0. The molecule has 1 aliphatic carbocycles. The predicted molar refractivity (Wildman–Crippen MR) is 91.7 cm³/mol. The lowest BCUT2D eigenvalue weighted by Crippen LogP contribution is -2.28. The van der Waals surface area contributed by atoms with Crippen LogP contribution >= 0.6 is 0 Å². The number of ether oxygens (including phenoxy) is 1. The molecule has 1 aliphatic heterocycles. The summed E-state index contributed by atoms with van der Waals surface area (Å²) in [6.45, 7) is 5.20. The van der Waals surface area contributed by atoms with E-state index >= 15 is 0 Å². The smallest absolute Gasteiger partial charge is 0.140 e. The van der Waals surface area contributed by atoms with E-state index in [2.05, 4.69) is 23.1 Å². The van der Waals surface area contributed by atoms with E-state index in [4.69, 9.17) is 20.4 Å². The molecule has 1 aromatic heterocycles. The molecular formula is C18H24N4O. The van der Waals surface area contributed by atoms with Crippen molar-refractivity contribution < 1.29 is 4.74 Å². The molecule has 0 spiro atoms. The second-order valence-corrected chi connectivity index (χ2v) is 6.59. The van der Waals surface area contributed by atoms with Crippen molar-refractivity contribution in [3.8, 4) is 0 Å². The van der Waals surface area contributed by atoms with Crippen LogP contribution in [0.4, 0.5) is 5.82 Å². The zero-order valence-electron chi connectivity index (χ0n) is 13.6. The Hall–Kier alpha value is -1.72. The molecule has 0 radical (unpaired) electrons. The maximum Gasteiger partial charge on any atom is 0.140 e.